The van der Waals surface area contributed by atoms with Crippen LogP contribution in [0.15, 0.2) is 17.0 Å². The van der Waals surface area contributed by atoms with Crippen LogP contribution < -0.4 is 5.73 Å². The molecule has 7 heteroatoms. The van der Waals surface area contributed by atoms with Crippen molar-refractivity contribution in [1.29, 1.82) is 0 Å². The van der Waals surface area contributed by atoms with Crippen molar-refractivity contribution in [2.75, 3.05) is 32.5 Å². The van der Waals surface area contributed by atoms with Crippen molar-refractivity contribution in [2.45, 2.75) is 18.7 Å². The number of halogens is 1. The van der Waals surface area contributed by atoms with Gasteiger partial charge >= 0.3 is 0 Å². The molecule has 0 spiro atoms. The van der Waals surface area contributed by atoms with Gasteiger partial charge in [0.05, 0.1) is 22.2 Å². The van der Waals surface area contributed by atoms with E-state index in [4.69, 9.17) is 22.1 Å². The summed E-state index contributed by atoms with van der Waals surface area (Å²) < 4.78 is 31.2. The first-order valence-corrected chi connectivity index (χ1v) is 7.72. The molecule has 0 heterocycles. The van der Waals surface area contributed by atoms with E-state index >= 15 is 0 Å². The lowest BCUT2D eigenvalue weighted by molar-refractivity contribution is 0.138. The van der Waals surface area contributed by atoms with Crippen LogP contribution in [0.4, 0.5) is 5.69 Å². The molecule has 0 radical (unpaired) electrons. The van der Waals surface area contributed by atoms with Gasteiger partial charge < -0.3 is 10.5 Å². The molecule has 0 aliphatic carbocycles. The summed E-state index contributed by atoms with van der Waals surface area (Å²) in [7, 11) is -2.06. The second kappa shape index (κ2) is 6.56. The van der Waals surface area contributed by atoms with Crippen LogP contribution in [-0.2, 0) is 14.8 Å². The highest BCUT2D eigenvalue weighted by atomic mass is 35.5. The Kier molecular flexibility index (Phi) is 5.61. The quantitative estimate of drug-likeness (QED) is 0.643. The number of aryl methyl sites for hydroxylation is 1. The Balaban J connectivity index is 3.03. The maximum absolute atomic E-state index is 12.4. The lowest BCUT2D eigenvalue weighted by Crippen LogP contribution is -2.30. The Labute approximate surface area is 119 Å². The summed E-state index contributed by atoms with van der Waals surface area (Å²) in [6, 6.07) is 2.95. The van der Waals surface area contributed by atoms with E-state index in [9.17, 15) is 8.42 Å². The number of nitrogens with zero attached hydrogens (tertiary/aromatic N) is 1. The normalized spacial score (nSPS) is 12.1. The number of ether oxygens (including phenoxy) is 1. The first-order chi connectivity index (χ1) is 8.80. The molecule has 0 amide bonds. The Bertz CT molecular complexity index is 546. The fraction of sp³-hybridized carbons (Fsp3) is 0.500. The molecule has 108 valence electrons. The molecule has 0 aliphatic rings. The number of sulfonamides is 1. The number of nitrogen functional groups attached to an aromatic ring is 1. The fourth-order valence-corrected chi connectivity index (χ4v) is 3.18. The van der Waals surface area contributed by atoms with E-state index in [-0.39, 0.29) is 17.1 Å². The maximum Gasteiger partial charge on any atom is 0.243 e. The van der Waals surface area contributed by atoms with Crippen LogP contribution in [0.2, 0.25) is 5.02 Å². The van der Waals surface area contributed by atoms with Gasteiger partial charge in [-0.25, -0.2) is 8.42 Å². The van der Waals surface area contributed by atoms with Gasteiger partial charge in [-0.05, 0) is 31.5 Å². The van der Waals surface area contributed by atoms with Gasteiger partial charge in [-0.15, -0.1) is 0 Å². The molecule has 1 aromatic carbocycles. The number of likely N-dealkylation sites (N-methyl/N-ethyl adjacent to an activating group) is 1. The van der Waals surface area contributed by atoms with Crippen molar-refractivity contribution in [1.82, 2.24) is 4.31 Å². The van der Waals surface area contributed by atoms with Crippen molar-refractivity contribution in [3.05, 3.63) is 22.7 Å². The van der Waals surface area contributed by atoms with E-state index in [0.29, 0.717) is 23.8 Å². The van der Waals surface area contributed by atoms with Gasteiger partial charge in [0.1, 0.15) is 0 Å². The number of hydrogen-bond acceptors (Lipinski definition) is 4. The fourth-order valence-electron chi connectivity index (χ4n) is 1.57. The zero-order valence-electron chi connectivity index (χ0n) is 11.3. The lowest BCUT2D eigenvalue weighted by atomic mass is 10.2. The molecule has 0 atom stereocenters. The number of hydrogen-bond donors (Lipinski definition) is 1. The number of rotatable bonds is 6. The summed E-state index contributed by atoms with van der Waals surface area (Å²) in [4.78, 5) is 0.174. The molecular weight excluding hydrogens is 288 g/mol. The maximum atomic E-state index is 12.4. The smallest absolute Gasteiger partial charge is 0.243 e. The van der Waals surface area contributed by atoms with Crippen molar-refractivity contribution in [2.24, 2.45) is 0 Å². The van der Waals surface area contributed by atoms with Crippen molar-refractivity contribution < 1.29 is 13.2 Å². The van der Waals surface area contributed by atoms with E-state index in [0.717, 1.165) is 0 Å². The summed E-state index contributed by atoms with van der Waals surface area (Å²) >= 11 is 5.86. The van der Waals surface area contributed by atoms with Gasteiger partial charge in [-0.2, -0.15) is 4.31 Å². The third-order valence-corrected chi connectivity index (χ3v) is 5.06. The molecule has 19 heavy (non-hydrogen) atoms. The number of benzene rings is 1. The van der Waals surface area contributed by atoms with Gasteiger partial charge in [0, 0.05) is 20.2 Å². The number of anilines is 1. The molecule has 1 aromatic rings. The highest BCUT2D eigenvalue weighted by Gasteiger charge is 2.23. The minimum Gasteiger partial charge on any atom is -0.397 e. The highest BCUT2D eigenvalue weighted by Crippen LogP contribution is 2.27. The van der Waals surface area contributed by atoms with Crippen LogP contribution >= 0.6 is 11.6 Å². The molecule has 0 saturated heterocycles. The Morgan fingerprint density at radius 2 is 2.05 bits per heavy atom. The molecule has 0 fully saturated rings. The minimum atomic E-state index is -3.57. The second-order valence-corrected chi connectivity index (χ2v) is 6.58. The monoisotopic (exact) mass is 306 g/mol. The van der Waals surface area contributed by atoms with Gasteiger partial charge in [-0.3, -0.25) is 0 Å². The van der Waals surface area contributed by atoms with Gasteiger partial charge in [0.15, 0.2) is 0 Å². The first kappa shape index (κ1) is 16.2. The zero-order chi connectivity index (χ0) is 14.6. The van der Waals surface area contributed by atoms with Gasteiger partial charge in [-0.1, -0.05) is 11.6 Å². The van der Waals surface area contributed by atoms with E-state index < -0.39 is 10.0 Å². The summed E-state index contributed by atoms with van der Waals surface area (Å²) in [6.45, 7) is 4.75. The molecule has 0 bridgehead atoms. The summed E-state index contributed by atoms with van der Waals surface area (Å²) in [5.41, 5.74) is 6.49. The topological polar surface area (TPSA) is 72.6 Å². The van der Waals surface area contributed by atoms with E-state index in [1.807, 2.05) is 6.92 Å². The third kappa shape index (κ3) is 3.82. The molecule has 5 nitrogen and oxygen atoms in total. The van der Waals surface area contributed by atoms with Crippen LogP contribution in [0.3, 0.4) is 0 Å². The average Bonchev–Trinajstić information content (AvgIpc) is 2.33. The lowest BCUT2D eigenvalue weighted by Gasteiger charge is -2.19. The predicted molar refractivity (Wildman–Crippen MR) is 76.9 cm³/mol. The third-order valence-electron chi connectivity index (χ3n) is 2.74. The SMILES string of the molecule is CCOCCN(C)S(=O)(=O)c1cc(N)c(Cl)cc1C. The summed E-state index contributed by atoms with van der Waals surface area (Å²) in [5.74, 6) is 0. The molecular formula is C12H19ClN2O3S. The van der Waals surface area contributed by atoms with E-state index in [2.05, 4.69) is 0 Å². The summed E-state index contributed by atoms with van der Waals surface area (Å²) in [6.07, 6.45) is 0. The van der Waals surface area contributed by atoms with Crippen LogP contribution in [0, 0.1) is 6.92 Å². The number of nitrogens with two attached hydrogens (primary N) is 1. The zero-order valence-corrected chi connectivity index (χ0v) is 12.9. The van der Waals surface area contributed by atoms with Crippen LogP contribution in [0.1, 0.15) is 12.5 Å². The Morgan fingerprint density at radius 1 is 1.42 bits per heavy atom. The van der Waals surface area contributed by atoms with E-state index in [1.165, 1.54) is 17.4 Å². The Morgan fingerprint density at radius 3 is 2.63 bits per heavy atom. The summed E-state index contributed by atoms with van der Waals surface area (Å²) in [5, 5.41) is 0.355. The molecule has 0 aliphatic heterocycles. The highest BCUT2D eigenvalue weighted by molar-refractivity contribution is 7.89. The Hall–Kier alpha value is -0.820. The molecule has 0 aromatic heterocycles. The predicted octanol–water partition coefficient (Wildman–Crippen LogP) is 1.89. The standard InChI is InChI=1S/C12H19ClN2O3S/c1-4-18-6-5-15(3)19(16,17)12-8-11(14)10(13)7-9(12)2/h7-8H,4-6,14H2,1-3H3. The average molecular weight is 307 g/mol. The van der Waals surface area contributed by atoms with Crippen molar-refractivity contribution in [3.8, 4) is 0 Å². The largest absolute Gasteiger partial charge is 0.397 e. The second-order valence-electron chi connectivity index (χ2n) is 4.16. The van der Waals surface area contributed by atoms with Crippen molar-refractivity contribution in [3.63, 3.8) is 0 Å². The minimum absolute atomic E-state index is 0.174. The van der Waals surface area contributed by atoms with E-state index in [1.54, 1.807) is 13.0 Å². The van der Waals surface area contributed by atoms with Crippen LogP contribution in [0.25, 0.3) is 0 Å². The van der Waals surface area contributed by atoms with Crippen LogP contribution in [0.5, 0.6) is 0 Å². The van der Waals surface area contributed by atoms with Crippen LogP contribution in [-0.4, -0.2) is 39.5 Å². The van der Waals surface area contributed by atoms with Gasteiger partial charge in [0.2, 0.25) is 10.0 Å². The molecule has 1 rings (SSSR count). The first-order valence-electron chi connectivity index (χ1n) is 5.90. The van der Waals surface area contributed by atoms with Gasteiger partial charge in [0.25, 0.3) is 0 Å². The molecule has 0 saturated carbocycles. The molecule has 2 N–H and O–H groups in total. The van der Waals surface area contributed by atoms with Crippen molar-refractivity contribution >= 4 is 27.3 Å². The molecule has 0 unspecified atom stereocenters.